The average molecular weight is 422 g/mol. The van der Waals surface area contributed by atoms with Crippen molar-refractivity contribution in [3.8, 4) is 11.6 Å². The highest BCUT2D eigenvalue weighted by Crippen LogP contribution is 2.23. The van der Waals surface area contributed by atoms with Crippen molar-refractivity contribution in [1.29, 1.82) is 0 Å². The van der Waals surface area contributed by atoms with Gasteiger partial charge in [0.05, 0.1) is 25.3 Å². The summed E-state index contributed by atoms with van der Waals surface area (Å²) in [6.45, 7) is 2.71. The molecule has 162 valence electrons. The number of nitrogens with one attached hydrogen (secondary N) is 2. The Labute approximate surface area is 181 Å². The second-order valence-electron chi connectivity index (χ2n) is 7.57. The fourth-order valence-corrected chi connectivity index (χ4v) is 3.80. The number of nitrogens with zero attached hydrogens (tertiary/aromatic N) is 3. The van der Waals surface area contributed by atoms with Gasteiger partial charge < -0.3 is 14.8 Å². The van der Waals surface area contributed by atoms with Crippen LogP contribution in [0.1, 0.15) is 18.4 Å². The first-order chi connectivity index (χ1) is 15.1. The van der Waals surface area contributed by atoms with Crippen molar-refractivity contribution in [2.75, 3.05) is 32.6 Å². The monoisotopic (exact) mass is 421 g/mol. The lowest BCUT2D eigenvalue weighted by molar-refractivity contribution is 0.189. The Morgan fingerprint density at radius 3 is 2.48 bits per heavy atom. The van der Waals surface area contributed by atoms with Crippen LogP contribution in [0.4, 0.5) is 10.6 Å². The predicted molar refractivity (Wildman–Crippen MR) is 120 cm³/mol. The Hall–Kier alpha value is -3.39. The number of para-hydroxylation sites is 2. The second kappa shape index (κ2) is 9.61. The summed E-state index contributed by atoms with van der Waals surface area (Å²) in [6, 6.07) is 15.4. The summed E-state index contributed by atoms with van der Waals surface area (Å²) in [5.74, 6) is 1.48. The molecule has 3 aromatic rings. The number of urea groups is 1. The predicted octanol–water partition coefficient (Wildman–Crippen LogP) is 3.43. The van der Waals surface area contributed by atoms with Crippen molar-refractivity contribution >= 4 is 22.9 Å². The third kappa shape index (κ3) is 5.21. The quantitative estimate of drug-likeness (QED) is 0.634. The van der Waals surface area contributed by atoms with Crippen LogP contribution in [0.15, 0.2) is 48.5 Å². The zero-order chi connectivity index (χ0) is 21.6. The van der Waals surface area contributed by atoms with Crippen LogP contribution in [0.25, 0.3) is 11.0 Å². The molecule has 0 unspecified atom stereocenters. The van der Waals surface area contributed by atoms with Crippen LogP contribution in [0.2, 0.25) is 0 Å². The minimum Gasteiger partial charge on any atom is -0.497 e. The molecule has 1 fully saturated rings. The molecule has 2 heterocycles. The van der Waals surface area contributed by atoms with Crippen molar-refractivity contribution < 1.29 is 14.3 Å². The Morgan fingerprint density at radius 1 is 1.03 bits per heavy atom. The highest BCUT2D eigenvalue weighted by Gasteiger charge is 2.22. The van der Waals surface area contributed by atoms with Crippen LogP contribution in [0.5, 0.6) is 11.6 Å². The van der Waals surface area contributed by atoms with Crippen molar-refractivity contribution in [1.82, 2.24) is 20.2 Å². The fraction of sp³-hybridized carbons (Fsp3) is 0.348. The largest absolute Gasteiger partial charge is 0.497 e. The number of carbonyl (C=O) groups excluding carboxylic acids is 1. The number of fused-ring (bicyclic) bond motifs is 1. The van der Waals surface area contributed by atoms with Crippen LogP contribution in [0.3, 0.4) is 0 Å². The van der Waals surface area contributed by atoms with Gasteiger partial charge in [0.15, 0.2) is 5.82 Å². The number of rotatable bonds is 6. The van der Waals surface area contributed by atoms with E-state index in [0.717, 1.165) is 38.2 Å². The smallest absolute Gasteiger partial charge is 0.320 e. The standard InChI is InChI=1S/C23H27N5O3/c1-30-18-7-5-6-16(14-18)15-28-12-10-17(11-13-28)24-23(29)27-21-22(31-2)26-20-9-4-3-8-19(20)25-21/h3-9,14,17H,10-13,15H2,1-2H3,(H2,24,25,27,29). The number of ether oxygens (including phenoxy) is 2. The number of anilines is 1. The molecule has 4 rings (SSSR count). The molecule has 2 amide bonds. The van der Waals surface area contributed by atoms with Gasteiger partial charge >= 0.3 is 6.03 Å². The minimum atomic E-state index is -0.297. The van der Waals surface area contributed by atoms with Crippen molar-refractivity contribution in [3.05, 3.63) is 54.1 Å². The molecule has 2 aromatic carbocycles. The summed E-state index contributed by atoms with van der Waals surface area (Å²) < 4.78 is 10.6. The van der Waals surface area contributed by atoms with E-state index >= 15 is 0 Å². The average Bonchev–Trinajstić information content (AvgIpc) is 2.80. The number of methoxy groups -OCH3 is 2. The maximum absolute atomic E-state index is 12.6. The molecular formula is C23H27N5O3. The van der Waals surface area contributed by atoms with Gasteiger partial charge in [-0.2, -0.15) is 0 Å². The number of likely N-dealkylation sites (tertiary alicyclic amines) is 1. The Kier molecular flexibility index (Phi) is 6.47. The first-order valence-electron chi connectivity index (χ1n) is 10.4. The van der Waals surface area contributed by atoms with E-state index in [1.54, 1.807) is 7.11 Å². The lowest BCUT2D eigenvalue weighted by atomic mass is 10.0. The first kappa shape index (κ1) is 20.9. The Bertz CT molecular complexity index is 1050. The van der Waals surface area contributed by atoms with Crippen LogP contribution < -0.4 is 20.1 Å². The highest BCUT2D eigenvalue weighted by atomic mass is 16.5. The normalized spacial score (nSPS) is 14.9. The van der Waals surface area contributed by atoms with E-state index in [2.05, 4.69) is 37.6 Å². The number of benzene rings is 2. The molecule has 0 radical (unpaired) electrons. The lowest BCUT2D eigenvalue weighted by Crippen LogP contribution is -2.45. The van der Waals surface area contributed by atoms with E-state index in [4.69, 9.17) is 9.47 Å². The van der Waals surface area contributed by atoms with E-state index < -0.39 is 0 Å². The van der Waals surface area contributed by atoms with Gasteiger partial charge in [-0.3, -0.25) is 10.2 Å². The molecule has 0 atom stereocenters. The molecule has 2 N–H and O–H groups in total. The van der Waals surface area contributed by atoms with Gasteiger partial charge in [-0.05, 0) is 42.7 Å². The molecule has 0 bridgehead atoms. The lowest BCUT2D eigenvalue weighted by Gasteiger charge is -2.32. The number of aromatic nitrogens is 2. The van der Waals surface area contributed by atoms with Crippen LogP contribution in [-0.4, -0.2) is 54.2 Å². The topological polar surface area (TPSA) is 88.6 Å². The zero-order valence-electron chi connectivity index (χ0n) is 17.8. The zero-order valence-corrected chi connectivity index (χ0v) is 17.8. The van der Waals surface area contributed by atoms with Gasteiger partial charge in [-0.1, -0.05) is 24.3 Å². The van der Waals surface area contributed by atoms with Gasteiger partial charge in [0, 0.05) is 25.7 Å². The van der Waals surface area contributed by atoms with Gasteiger partial charge in [0.25, 0.3) is 5.88 Å². The van der Waals surface area contributed by atoms with E-state index in [9.17, 15) is 4.79 Å². The summed E-state index contributed by atoms with van der Waals surface area (Å²) in [4.78, 5) is 23.8. The molecule has 1 aliphatic rings. The fourth-order valence-electron chi connectivity index (χ4n) is 3.80. The molecule has 8 heteroatoms. The van der Waals surface area contributed by atoms with E-state index in [-0.39, 0.29) is 12.1 Å². The second-order valence-corrected chi connectivity index (χ2v) is 7.57. The summed E-state index contributed by atoms with van der Waals surface area (Å²) in [5, 5.41) is 5.84. The van der Waals surface area contributed by atoms with Gasteiger partial charge in [-0.15, -0.1) is 0 Å². The summed E-state index contributed by atoms with van der Waals surface area (Å²) in [7, 11) is 3.19. The third-order valence-electron chi connectivity index (χ3n) is 5.43. The van der Waals surface area contributed by atoms with Crippen molar-refractivity contribution in [2.45, 2.75) is 25.4 Å². The molecule has 1 aromatic heterocycles. The summed E-state index contributed by atoms with van der Waals surface area (Å²) in [6.07, 6.45) is 1.77. The van der Waals surface area contributed by atoms with E-state index in [0.29, 0.717) is 22.7 Å². The first-order valence-corrected chi connectivity index (χ1v) is 10.4. The summed E-state index contributed by atoms with van der Waals surface area (Å²) >= 11 is 0. The molecule has 31 heavy (non-hydrogen) atoms. The molecule has 1 saturated heterocycles. The van der Waals surface area contributed by atoms with Crippen LogP contribution >= 0.6 is 0 Å². The number of amides is 2. The SMILES string of the molecule is COc1cccc(CN2CCC(NC(=O)Nc3nc4ccccc4nc3OC)CC2)c1. The molecule has 8 nitrogen and oxygen atoms in total. The molecule has 0 saturated carbocycles. The highest BCUT2D eigenvalue weighted by molar-refractivity contribution is 5.91. The number of hydrogen-bond donors (Lipinski definition) is 2. The van der Waals surface area contributed by atoms with Crippen molar-refractivity contribution in [3.63, 3.8) is 0 Å². The number of hydrogen-bond acceptors (Lipinski definition) is 6. The number of carbonyl (C=O) groups is 1. The Balaban J connectivity index is 1.30. The van der Waals surface area contributed by atoms with Crippen LogP contribution in [-0.2, 0) is 6.54 Å². The molecule has 0 spiro atoms. The van der Waals surface area contributed by atoms with Gasteiger partial charge in [0.2, 0.25) is 0 Å². The maximum Gasteiger partial charge on any atom is 0.320 e. The Morgan fingerprint density at radius 2 is 1.77 bits per heavy atom. The molecule has 1 aliphatic heterocycles. The molecule has 0 aliphatic carbocycles. The third-order valence-corrected chi connectivity index (χ3v) is 5.43. The van der Waals surface area contributed by atoms with Crippen molar-refractivity contribution in [2.24, 2.45) is 0 Å². The van der Waals surface area contributed by atoms with E-state index in [1.807, 2.05) is 36.4 Å². The van der Waals surface area contributed by atoms with Gasteiger partial charge in [-0.25, -0.2) is 14.8 Å². The minimum absolute atomic E-state index is 0.112. The maximum atomic E-state index is 12.6. The van der Waals surface area contributed by atoms with Gasteiger partial charge in [0.1, 0.15) is 5.75 Å². The molecular weight excluding hydrogens is 394 g/mol. The number of piperidine rings is 1. The summed E-state index contributed by atoms with van der Waals surface area (Å²) in [5.41, 5.74) is 2.64. The van der Waals surface area contributed by atoms with E-state index in [1.165, 1.54) is 12.7 Å². The van der Waals surface area contributed by atoms with Crippen LogP contribution in [0, 0.1) is 0 Å².